The van der Waals surface area contributed by atoms with Crippen LogP contribution in [0.2, 0.25) is 5.15 Å². The molecule has 1 aromatic carbocycles. The Hall–Kier alpha value is -2.01. The summed E-state index contributed by atoms with van der Waals surface area (Å²) < 4.78 is 0. The van der Waals surface area contributed by atoms with Gasteiger partial charge < -0.3 is 0 Å². The number of hydrogen-bond acceptors (Lipinski definition) is 4. The molecule has 0 spiro atoms. The Bertz CT molecular complexity index is 739. The average Bonchev–Trinajstić information content (AvgIpc) is 2.48. The Kier molecular flexibility index (Phi) is 3.60. The van der Waals surface area contributed by atoms with E-state index in [2.05, 4.69) is 15.4 Å². The number of nitrogens with two attached hydrogens (primary N) is 1. The minimum absolute atomic E-state index is 0.151. The summed E-state index contributed by atoms with van der Waals surface area (Å²) in [6.45, 7) is 0. The van der Waals surface area contributed by atoms with Crippen molar-refractivity contribution >= 4 is 22.4 Å². The van der Waals surface area contributed by atoms with E-state index in [0.717, 1.165) is 21.9 Å². The number of fused-ring (bicyclic) bond motifs is 1. The van der Waals surface area contributed by atoms with Crippen LogP contribution in [0, 0.1) is 0 Å². The molecule has 0 fully saturated rings. The van der Waals surface area contributed by atoms with Gasteiger partial charge in [0.05, 0.1) is 6.04 Å². The molecule has 3 N–H and O–H groups in total. The third-order valence-corrected chi connectivity index (χ3v) is 3.48. The van der Waals surface area contributed by atoms with E-state index >= 15 is 0 Å². The molecule has 3 rings (SSSR count). The number of benzene rings is 1. The first kappa shape index (κ1) is 13.0. The molecule has 4 nitrogen and oxygen atoms in total. The summed E-state index contributed by atoms with van der Waals surface area (Å²) in [6.07, 6.45) is 5.29. The summed E-state index contributed by atoms with van der Waals surface area (Å²) in [5, 5.41) is 2.63. The first-order valence-electron chi connectivity index (χ1n) is 6.20. The lowest BCUT2D eigenvalue weighted by Gasteiger charge is -2.18. The van der Waals surface area contributed by atoms with Gasteiger partial charge in [-0.2, -0.15) is 0 Å². The van der Waals surface area contributed by atoms with Crippen molar-refractivity contribution in [2.75, 3.05) is 0 Å². The van der Waals surface area contributed by atoms with Crippen LogP contribution in [0.25, 0.3) is 10.8 Å². The van der Waals surface area contributed by atoms with Gasteiger partial charge in [-0.1, -0.05) is 29.8 Å². The zero-order valence-corrected chi connectivity index (χ0v) is 11.4. The fraction of sp³-hybridized carbons (Fsp3) is 0.0667. The minimum Gasteiger partial charge on any atom is -0.271 e. The highest BCUT2D eigenvalue weighted by Gasteiger charge is 2.15. The smallest absolute Gasteiger partial charge is 0.129 e. The van der Waals surface area contributed by atoms with Gasteiger partial charge in [0.1, 0.15) is 5.15 Å². The number of rotatable bonds is 3. The number of nitrogens with one attached hydrogen (secondary N) is 1. The second-order valence-electron chi connectivity index (χ2n) is 4.46. The van der Waals surface area contributed by atoms with E-state index < -0.39 is 0 Å². The van der Waals surface area contributed by atoms with Crippen LogP contribution in [0.15, 0.2) is 55.0 Å². The molecule has 100 valence electrons. The van der Waals surface area contributed by atoms with Crippen LogP contribution in [0.5, 0.6) is 0 Å². The van der Waals surface area contributed by atoms with Crippen LogP contribution in [-0.2, 0) is 0 Å². The van der Waals surface area contributed by atoms with Crippen LogP contribution in [0.4, 0.5) is 0 Å². The van der Waals surface area contributed by atoms with E-state index in [4.69, 9.17) is 17.4 Å². The molecule has 20 heavy (non-hydrogen) atoms. The van der Waals surface area contributed by atoms with Crippen molar-refractivity contribution in [1.29, 1.82) is 0 Å². The van der Waals surface area contributed by atoms with Gasteiger partial charge in [-0.25, -0.2) is 10.4 Å². The molecule has 5 heteroatoms. The molecule has 0 amide bonds. The van der Waals surface area contributed by atoms with Gasteiger partial charge in [0.25, 0.3) is 0 Å². The summed E-state index contributed by atoms with van der Waals surface area (Å²) >= 11 is 5.96. The molecule has 1 atom stereocenters. The Balaban J connectivity index is 2.17. The summed E-state index contributed by atoms with van der Waals surface area (Å²) in [5.74, 6) is 5.75. The number of nitrogens with zero attached hydrogens (tertiary/aromatic N) is 2. The highest BCUT2D eigenvalue weighted by atomic mass is 35.5. The Morgan fingerprint density at radius 1 is 1.15 bits per heavy atom. The lowest BCUT2D eigenvalue weighted by molar-refractivity contribution is 0.640. The van der Waals surface area contributed by atoms with Crippen molar-refractivity contribution in [3.8, 4) is 0 Å². The third-order valence-electron chi connectivity index (χ3n) is 3.28. The topological polar surface area (TPSA) is 63.8 Å². The maximum absolute atomic E-state index is 5.96. The lowest BCUT2D eigenvalue weighted by atomic mass is 9.95. The molecule has 3 aromatic rings. The highest BCUT2D eigenvalue weighted by molar-refractivity contribution is 6.29. The van der Waals surface area contributed by atoms with Gasteiger partial charge >= 0.3 is 0 Å². The average molecular weight is 285 g/mol. The van der Waals surface area contributed by atoms with Crippen molar-refractivity contribution in [2.45, 2.75) is 6.04 Å². The molecule has 0 aliphatic carbocycles. The van der Waals surface area contributed by atoms with Crippen molar-refractivity contribution in [3.63, 3.8) is 0 Å². The first-order valence-corrected chi connectivity index (χ1v) is 6.57. The van der Waals surface area contributed by atoms with Gasteiger partial charge in [0.15, 0.2) is 0 Å². The van der Waals surface area contributed by atoms with E-state index in [-0.39, 0.29) is 6.04 Å². The van der Waals surface area contributed by atoms with Crippen LogP contribution >= 0.6 is 11.6 Å². The number of hydrogen-bond donors (Lipinski definition) is 2. The van der Waals surface area contributed by atoms with E-state index in [1.54, 1.807) is 12.4 Å². The molecule has 1 unspecified atom stereocenters. The predicted octanol–water partition coefficient (Wildman–Crippen LogP) is 2.84. The van der Waals surface area contributed by atoms with Gasteiger partial charge in [0.2, 0.25) is 0 Å². The summed E-state index contributed by atoms with van der Waals surface area (Å²) in [4.78, 5) is 8.14. The van der Waals surface area contributed by atoms with E-state index in [0.29, 0.717) is 5.15 Å². The number of aromatic nitrogens is 2. The van der Waals surface area contributed by atoms with Crippen LogP contribution in [-0.4, -0.2) is 9.97 Å². The number of hydrazine groups is 1. The highest BCUT2D eigenvalue weighted by Crippen LogP contribution is 2.28. The van der Waals surface area contributed by atoms with Crippen molar-refractivity contribution in [1.82, 2.24) is 15.4 Å². The molecule has 0 bridgehead atoms. The lowest BCUT2D eigenvalue weighted by Crippen LogP contribution is -2.29. The molecular formula is C15H13ClN4. The van der Waals surface area contributed by atoms with Crippen LogP contribution < -0.4 is 11.3 Å². The number of pyridine rings is 2. The van der Waals surface area contributed by atoms with Crippen molar-refractivity contribution in [2.24, 2.45) is 5.84 Å². The summed E-state index contributed by atoms with van der Waals surface area (Å²) in [6, 6.07) is 11.6. The molecule has 0 aliphatic rings. The largest absolute Gasteiger partial charge is 0.271 e. The summed E-state index contributed by atoms with van der Waals surface area (Å²) in [7, 11) is 0. The van der Waals surface area contributed by atoms with Crippen LogP contribution in [0.3, 0.4) is 0 Å². The predicted molar refractivity (Wildman–Crippen MR) is 80.2 cm³/mol. The zero-order valence-electron chi connectivity index (χ0n) is 10.6. The monoisotopic (exact) mass is 284 g/mol. The maximum Gasteiger partial charge on any atom is 0.129 e. The fourth-order valence-corrected chi connectivity index (χ4v) is 2.54. The van der Waals surface area contributed by atoms with Crippen molar-refractivity contribution < 1.29 is 0 Å². The van der Waals surface area contributed by atoms with E-state index in [1.807, 2.05) is 42.6 Å². The molecular weight excluding hydrogens is 272 g/mol. The van der Waals surface area contributed by atoms with E-state index in [9.17, 15) is 0 Å². The Morgan fingerprint density at radius 2 is 2.05 bits per heavy atom. The Labute approximate surface area is 121 Å². The Morgan fingerprint density at radius 3 is 2.85 bits per heavy atom. The van der Waals surface area contributed by atoms with Gasteiger partial charge in [-0.3, -0.25) is 10.8 Å². The standard InChI is InChI=1S/C15H13ClN4/c16-14-8-10(4-7-19-14)15(20-17)13-3-1-2-11-9-18-6-5-12(11)13/h1-9,15,20H,17H2. The molecule has 0 aliphatic heterocycles. The summed E-state index contributed by atoms with van der Waals surface area (Å²) in [5.41, 5.74) is 4.89. The molecule has 2 heterocycles. The number of halogens is 1. The quantitative estimate of drug-likeness (QED) is 0.441. The zero-order chi connectivity index (χ0) is 13.9. The van der Waals surface area contributed by atoms with Gasteiger partial charge in [-0.15, -0.1) is 0 Å². The molecule has 0 saturated carbocycles. The third kappa shape index (κ3) is 2.36. The maximum atomic E-state index is 5.96. The second-order valence-corrected chi connectivity index (χ2v) is 4.84. The van der Waals surface area contributed by atoms with Gasteiger partial charge in [-0.05, 0) is 34.7 Å². The molecule has 2 aromatic heterocycles. The molecule has 0 saturated heterocycles. The van der Waals surface area contributed by atoms with Crippen LogP contribution in [0.1, 0.15) is 17.2 Å². The SMILES string of the molecule is NNC(c1ccnc(Cl)c1)c1cccc2cnccc12. The fourth-order valence-electron chi connectivity index (χ4n) is 2.36. The molecule has 0 radical (unpaired) electrons. The van der Waals surface area contributed by atoms with Crippen molar-refractivity contribution in [3.05, 3.63) is 71.3 Å². The normalized spacial score (nSPS) is 12.5. The first-order chi connectivity index (χ1) is 9.79. The van der Waals surface area contributed by atoms with E-state index in [1.165, 1.54) is 0 Å². The minimum atomic E-state index is -0.151. The second kappa shape index (κ2) is 5.54. The van der Waals surface area contributed by atoms with Gasteiger partial charge in [0, 0.05) is 24.0 Å².